The number of amides is 2. The number of urea groups is 1. The molecule has 108 valence electrons. The number of carbonyl (C=O) groups excluding carboxylic acids is 1. The van der Waals surface area contributed by atoms with Crippen LogP contribution < -0.4 is 10.6 Å². The highest BCUT2D eigenvalue weighted by Crippen LogP contribution is 2.36. The maximum absolute atomic E-state index is 11.8. The minimum atomic E-state index is -0.747. The van der Waals surface area contributed by atoms with Crippen LogP contribution in [0.3, 0.4) is 0 Å². The lowest BCUT2D eigenvalue weighted by Gasteiger charge is -2.24. The number of hydrogen-bond donors (Lipinski definition) is 3. The van der Waals surface area contributed by atoms with Crippen molar-refractivity contribution in [3.05, 3.63) is 0 Å². The third-order valence-corrected chi connectivity index (χ3v) is 4.60. The van der Waals surface area contributed by atoms with E-state index >= 15 is 0 Å². The summed E-state index contributed by atoms with van der Waals surface area (Å²) in [6, 6.07) is -0.137. The Morgan fingerprint density at radius 1 is 1.26 bits per heavy atom. The first kappa shape index (κ1) is 14.2. The smallest absolute Gasteiger partial charge is 0.315 e. The highest BCUT2D eigenvalue weighted by atomic mass is 16.4. The van der Waals surface area contributed by atoms with Gasteiger partial charge in [-0.15, -0.1) is 0 Å². The summed E-state index contributed by atoms with van der Waals surface area (Å²) in [6.07, 6.45) is 6.85. The van der Waals surface area contributed by atoms with Gasteiger partial charge in [-0.25, -0.2) is 4.79 Å². The number of rotatable bonds is 4. The molecule has 0 heterocycles. The first-order valence-corrected chi connectivity index (χ1v) is 7.26. The zero-order valence-corrected chi connectivity index (χ0v) is 11.6. The van der Waals surface area contributed by atoms with E-state index in [4.69, 9.17) is 5.11 Å². The van der Waals surface area contributed by atoms with Gasteiger partial charge in [0.15, 0.2) is 0 Å². The summed E-state index contributed by atoms with van der Waals surface area (Å²) >= 11 is 0. The van der Waals surface area contributed by atoms with Crippen molar-refractivity contribution in [1.29, 1.82) is 0 Å². The molecular weight excluding hydrogens is 244 g/mol. The van der Waals surface area contributed by atoms with Gasteiger partial charge >= 0.3 is 12.0 Å². The van der Waals surface area contributed by atoms with Gasteiger partial charge in [-0.3, -0.25) is 4.79 Å². The Morgan fingerprint density at radius 3 is 2.53 bits per heavy atom. The normalized spacial score (nSPS) is 29.1. The average molecular weight is 268 g/mol. The fraction of sp³-hybridized carbons (Fsp3) is 0.857. The van der Waals surface area contributed by atoms with Crippen LogP contribution in [0.15, 0.2) is 0 Å². The summed E-state index contributed by atoms with van der Waals surface area (Å²) in [5, 5.41) is 14.7. The highest BCUT2D eigenvalue weighted by Gasteiger charge is 2.32. The molecule has 0 radical (unpaired) electrons. The second kappa shape index (κ2) is 5.80. The molecule has 19 heavy (non-hydrogen) atoms. The largest absolute Gasteiger partial charge is 0.481 e. The molecule has 2 unspecified atom stereocenters. The Morgan fingerprint density at radius 2 is 1.95 bits per heavy atom. The van der Waals surface area contributed by atoms with Crippen LogP contribution in [-0.4, -0.2) is 29.7 Å². The van der Waals surface area contributed by atoms with Crippen molar-refractivity contribution < 1.29 is 14.7 Å². The van der Waals surface area contributed by atoms with Crippen LogP contribution in [0, 0.1) is 11.3 Å². The molecule has 2 atom stereocenters. The molecule has 0 saturated heterocycles. The summed E-state index contributed by atoms with van der Waals surface area (Å²) in [7, 11) is 0. The van der Waals surface area contributed by atoms with Crippen molar-refractivity contribution in [2.24, 2.45) is 11.3 Å². The van der Waals surface area contributed by atoms with Crippen LogP contribution in [0.1, 0.15) is 51.9 Å². The molecule has 2 rings (SSSR count). The first-order chi connectivity index (χ1) is 8.98. The van der Waals surface area contributed by atoms with E-state index in [1.807, 2.05) is 0 Å². The monoisotopic (exact) mass is 268 g/mol. The molecule has 2 fully saturated rings. The molecule has 0 aromatic heterocycles. The molecule has 2 aliphatic rings. The maximum Gasteiger partial charge on any atom is 0.315 e. The van der Waals surface area contributed by atoms with Crippen molar-refractivity contribution in [3.63, 3.8) is 0 Å². The van der Waals surface area contributed by atoms with E-state index in [-0.39, 0.29) is 23.4 Å². The molecule has 0 bridgehead atoms. The van der Waals surface area contributed by atoms with Crippen LogP contribution in [0.4, 0.5) is 4.79 Å². The highest BCUT2D eigenvalue weighted by molar-refractivity contribution is 5.75. The van der Waals surface area contributed by atoms with Gasteiger partial charge < -0.3 is 15.7 Å². The second-order valence-electron chi connectivity index (χ2n) is 6.39. The van der Waals surface area contributed by atoms with Gasteiger partial charge in [0.25, 0.3) is 0 Å². The third-order valence-electron chi connectivity index (χ3n) is 4.60. The second-order valence-corrected chi connectivity index (χ2v) is 6.39. The average Bonchev–Trinajstić information content (AvgIpc) is 2.97. The molecule has 2 aliphatic carbocycles. The fourth-order valence-corrected chi connectivity index (χ4v) is 3.27. The van der Waals surface area contributed by atoms with Gasteiger partial charge in [0, 0.05) is 12.6 Å². The molecule has 3 N–H and O–H groups in total. The lowest BCUT2D eigenvalue weighted by molar-refractivity contribution is -0.141. The summed E-state index contributed by atoms with van der Waals surface area (Å²) < 4.78 is 0. The van der Waals surface area contributed by atoms with E-state index in [9.17, 15) is 9.59 Å². The maximum atomic E-state index is 11.8. The minimum Gasteiger partial charge on any atom is -0.481 e. The summed E-state index contributed by atoms with van der Waals surface area (Å²) in [4.78, 5) is 22.7. The van der Waals surface area contributed by atoms with Crippen molar-refractivity contribution >= 4 is 12.0 Å². The molecule has 5 heteroatoms. The van der Waals surface area contributed by atoms with Crippen molar-refractivity contribution in [3.8, 4) is 0 Å². The Bertz CT molecular complexity index is 351. The number of hydrogen-bond acceptors (Lipinski definition) is 2. The van der Waals surface area contributed by atoms with Gasteiger partial charge in [0.2, 0.25) is 0 Å². The molecule has 2 amide bonds. The van der Waals surface area contributed by atoms with Crippen molar-refractivity contribution in [2.45, 2.75) is 57.9 Å². The quantitative estimate of drug-likeness (QED) is 0.730. The van der Waals surface area contributed by atoms with Crippen LogP contribution in [0.25, 0.3) is 0 Å². The summed E-state index contributed by atoms with van der Waals surface area (Å²) in [5.41, 5.74) is 0.247. The van der Waals surface area contributed by atoms with E-state index in [1.54, 1.807) is 0 Å². The summed E-state index contributed by atoms with van der Waals surface area (Å²) in [5.74, 6) is -1.04. The van der Waals surface area contributed by atoms with Crippen LogP contribution in [0.2, 0.25) is 0 Å². The van der Waals surface area contributed by atoms with Crippen molar-refractivity contribution in [1.82, 2.24) is 10.6 Å². The zero-order chi connectivity index (χ0) is 13.9. The molecule has 0 aliphatic heterocycles. The number of nitrogens with one attached hydrogen (secondary N) is 2. The fourth-order valence-electron chi connectivity index (χ4n) is 3.27. The van der Waals surface area contributed by atoms with E-state index in [0.29, 0.717) is 19.4 Å². The van der Waals surface area contributed by atoms with E-state index in [2.05, 4.69) is 17.6 Å². The zero-order valence-electron chi connectivity index (χ0n) is 11.6. The number of carboxylic acid groups (broad SMARTS) is 1. The molecule has 0 aromatic carbocycles. The van der Waals surface area contributed by atoms with Crippen LogP contribution >= 0.6 is 0 Å². The lowest BCUT2D eigenvalue weighted by Crippen LogP contribution is -2.44. The predicted molar refractivity (Wildman–Crippen MR) is 71.9 cm³/mol. The molecule has 0 aromatic rings. The van der Waals surface area contributed by atoms with E-state index in [1.165, 1.54) is 25.7 Å². The number of carboxylic acids is 1. The molecule has 2 saturated carbocycles. The van der Waals surface area contributed by atoms with Gasteiger partial charge in [0.1, 0.15) is 0 Å². The van der Waals surface area contributed by atoms with Crippen LogP contribution in [0.5, 0.6) is 0 Å². The Balaban J connectivity index is 1.69. The van der Waals surface area contributed by atoms with Crippen molar-refractivity contribution in [2.75, 3.05) is 6.54 Å². The number of carbonyl (C=O) groups is 2. The minimum absolute atomic E-state index is 0.0116. The van der Waals surface area contributed by atoms with Gasteiger partial charge in [-0.05, 0) is 37.5 Å². The Labute approximate surface area is 114 Å². The number of aliphatic carboxylic acids is 1. The van der Waals surface area contributed by atoms with E-state index < -0.39 is 5.97 Å². The van der Waals surface area contributed by atoms with Crippen LogP contribution in [-0.2, 0) is 4.79 Å². The summed E-state index contributed by atoms with van der Waals surface area (Å²) in [6.45, 7) is 2.93. The SMILES string of the molecule is CC1(CNC(=O)NC2CCC(C(=O)O)C2)CCCC1. The molecular formula is C14H24N2O3. The standard InChI is InChI=1S/C14H24N2O3/c1-14(6-2-3-7-14)9-15-13(19)16-11-5-4-10(8-11)12(17)18/h10-11H,2-9H2,1H3,(H,17,18)(H2,15,16,19). The predicted octanol–water partition coefficient (Wildman–Crippen LogP) is 2.12. The third kappa shape index (κ3) is 3.85. The van der Waals surface area contributed by atoms with E-state index in [0.717, 1.165) is 6.42 Å². The molecule has 5 nitrogen and oxygen atoms in total. The van der Waals surface area contributed by atoms with Gasteiger partial charge in [0.05, 0.1) is 5.92 Å². The lowest BCUT2D eigenvalue weighted by atomic mass is 9.89. The van der Waals surface area contributed by atoms with Gasteiger partial charge in [-0.2, -0.15) is 0 Å². The topological polar surface area (TPSA) is 78.4 Å². The van der Waals surface area contributed by atoms with Gasteiger partial charge in [-0.1, -0.05) is 19.8 Å². The first-order valence-electron chi connectivity index (χ1n) is 7.26. The Hall–Kier alpha value is -1.26. The molecule has 0 spiro atoms. The Kier molecular flexibility index (Phi) is 4.32.